The third-order valence-electron chi connectivity index (χ3n) is 5.57. The number of amides is 1. The number of aliphatic imine (C=N–C) groups is 1. The maximum atomic E-state index is 12.0. The summed E-state index contributed by atoms with van der Waals surface area (Å²) in [5, 5.41) is 6.55. The van der Waals surface area contributed by atoms with Gasteiger partial charge in [-0.2, -0.15) is 0 Å². The van der Waals surface area contributed by atoms with Gasteiger partial charge in [0, 0.05) is 32.2 Å². The van der Waals surface area contributed by atoms with E-state index in [1.807, 2.05) is 31.2 Å². The molecule has 8 nitrogen and oxygen atoms in total. The highest BCUT2D eigenvalue weighted by molar-refractivity contribution is 14.0. The molecule has 1 amide bonds. The summed E-state index contributed by atoms with van der Waals surface area (Å²) in [5.74, 6) is 1.19. The van der Waals surface area contributed by atoms with Crippen LogP contribution in [0.1, 0.15) is 31.0 Å². The molecule has 1 aliphatic heterocycles. The summed E-state index contributed by atoms with van der Waals surface area (Å²) in [6.07, 6.45) is 4.03. The van der Waals surface area contributed by atoms with Crippen molar-refractivity contribution >= 4 is 35.8 Å². The van der Waals surface area contributed by atoms with Gasteiger partial charge in [0.15, 0.2) is 5.96 Å². The number of hydrogen-bond donors (Lipinski definition) is 2. The summed E-state index contributed by atoms with van der Waals surface area (Å²) in [6, 6.07) is 8.55. The summed E-state index contributed by atoms with van der Waals surface area (Å²) in [5.41, 5.74) is 2.87. The van der Waals surface area contributed by atoms with Crippen LogP contribution >= 0.6 is 24.0 Å². The first kappa shape index (κ1) is 26.1. The number of oxazole rings is 1. The summed E-state index contributed by atoms with van der Waals surface area (Å²) in [4.78, 5) is 25.2. The largest absolute Gasteiger partial charge is 0.444 e. The molecule has 0 spiro atoms. The summed E-state index contributed by atoms with van der Waals surface area (Å²) >= 11 is 0. The van der Waals surface area contributed by atoms with E-state index in [9.17, 15) is 4.79 Å². The lowest BCUT2D eigenvalue weighted by atomic mass is 10.1. The second kappa shape index (κ2) is 12.8. The quantitative estimate of drug-likeness (QED) is 0.297. The molecule has 2 N–H and O–H groups in total. The second-order valence-corrected chi connectivity index (χ2v) is 8.12. The van der Waals surface area contributed by atoms with Gasteiger partial charge in [0.05, 0.1) is 13.1 Å². The highest BCUT2D eigenvalue weighted by atomic mass is 127. The summed E-state index contributed by atoms with van der Waals surface area (Å²) < 4.78 is 5.63. The molecule has 1 unspecified atom stereocenters. The number of carbonyl (C=O) groups excluding carboxylic acids is 1. The average molecular weight is 554 g/mol. The number of nitrogens with one attached hydrogen (secondary N) is 2. The number of nitrogens with zero attached hydrogens (tertiary/aromatic N) is 4. The van der Waals surface area contributed by atoms with Gasteiger partial charge in [-0.3, -0.25) is 9.69 Å². The molecule has 0 radical (unpaired) electrons. The predicted molar refractivity (Wildman–Crippen MR) is 138 cm³/mol. The third kappa shape index (κ3) is 7.47. The minimum Gasteiger partial charge on any atom is -0.444 e. The summed E-state index contributed by atoms with van der Waals surface area (Å²) in [7, 11) is 3.49. The van der Waals surface area contributed by atoms with Crippen LogP contribution in [-0.4, -0.2) is 73.0 Å². The van der Waals surface area contributed by atoms with Gasteiger partial charge in [0.1, 0.15) is 12.0 Å². The molecule has 1 aromatic carbocycles. The van der Waals surface area contributed by atoms with Gasteiger partial charge >= 0.3 is 0 Å². The van der Waals surface area contributed by atoms with Crippen LogP contribution in [0.5, 0.6) is 0 Å². The first-order valence-corrected chi connectivity index (χ1v) is 10.9. The molecular weight excluding hydrogens is 519 g/mol. The number of halogens is 1. The van der Waals surface area contributed by atoms with Crippen molar-refractivity contribution in [3.05, 3.63) is 41.8 Å². The minimum absolute atomic E-state index is 0. The van der Waals surface area contributed by atoms with Gasteiger partial charge < -0.3 is 20.0 Å². The van der Waals surface area contributed by atoms with E-state index in [0.29, 0.717) is 24.4 Å². The van der Waals surface area contributed by atoms with Crippen molar-refractivity contribution in [2.75, 3.05) is 40.3 Å². The molecule has 32 heavy (non-hydrogen) atoms. The predicted octanol–water partition coefficient (Wildman–Crippen LogP) is 2.88. The van der Waals surface area contributed by atoms with Crippen LogP contribution in [0.2, 0.25) is 0 Å². The first-order chi connectivity index (χ1) is 15.0. The van der Waals surface area contributed by atoms with Crippen molar-refractivity contribution in [1.82, 2.24) is 25.4 Å². The van der Waals surface area contributed by atoms with Gasteiger partial charge in [-0.25, -0.2) is 9.98 Å². The number of carbonyl (C=O) groups is 1. The van der Waals surface area contributed by atoms with E-state index in [-0.39, 0.29) is 36.4 Å². The van der Waals surface area contributed by atoms with Crippen molar-refractivity contribution in [3.63, 3.8) is 0 Å². The van der Waals surface area contributed by atoms with Crippen LogP contribution in [0.4, 0.5) is 0 Å². The Morgan fingerprint density at radius 1 is 1.28 bits per heavy atom. The van der Waals surface area contributed by atoms with Gasteiger partial charge in [0.2, 0.25) is 11.8 Å². The number of rotatable bonds is 8. The van der Waals surface area contributed by atoms with Crippen molar-refractivity contribution < 1.29 is 9.21 Å². The van der Waals surface area contributed by atoms with E-state index in [2.05, 4.69) is 32.4 Å². The van der Waals surface area contributed by atoms with Crippen molar-refractivity contribution in [1.29, 1.82) is 0 Å². The molecule has 0 aliphatic carbocycles. The molecule has 1 aromatic heterocycles. The number of benzene rings is 1. The van der Waals surface area contributed by atoms with Gasteiger partial charge in [-0.05, 0) is 45.0 Å². The normalized spacial score (nSPS) is 16.5. The molecule has 3 rings (SSSR count). The molecule has 1 saturated heterocycles. The van der Waals surface area contributed by atoms with E-state index < -0.39 is 0 Å². The van der Waals surface area contributed by atoms with Crippen molar-refractivity contribution in [3.8, 4) is 11.5 Å². The number of hydrogen-bond acceptors (Lipinski definition) is 5. The van der Waals surface area contributed by atoms with Crippen LogP contribution in [0.3, 0.4) is 0 Å². The molecule has 1 fully saturated rings. The fraction of sp³-hybridized carbons (Fsp3) is 0.522. The monoisotopic (exact) mass is 554 g/mol. The Balaban J connectivity index is 0.00000363. The fourth-order valence-electron chi connectivity index (χ4n) is 3.62. The Bertz CT molecular complexity index is 881. The van der Waals surface area contributed by atoms with Gasteiger partial charge in [-0.1, -0.05) is 24.6 Å². The molecule has 1 aliphatic rings. The van der Waals surface area contributed by atoms with Crippen LogP contribution < -0.4 is 10.6 Å². The Labute approximate surface area is 207 Å². The Kier molecular flexibility index (Phi) is 10.4. The van der Waals surface area contributed by atoms with E-state index in [1.165, 1.54) is 18.4 Å². The van der Waals surface area contributed by atoms with E-state index in [4.69, 9.17) is 4.42 Å². The number of aromatic nitrogens is 1. The number of likely N-dealkylation sites (tertiary alicyclic amines) is 1. The third-order valence-corrected chi connectivity index (χ3v) is 5.57. The molecular formula is C23H35IN6O2. The standard InChI is InChI=1S/C23H34N6O2.HI/c1-5-29-12-6-7-20(29)14-25-23(26-15-21(30)28(3)4)24-13-19-16-31-22(27-19)18-10-8-17(2)9-11-18;/h8-11,16,20H,5-7,12-15H2,1-4H3,(H2,24,25,26);1H. The fourth-order valence-corrected chi connectivity index (χ4v) is 3.62. The second-order valence-electron chi connectivity index (χ2n) is 8.12. The Morgan fingerprint density at radius 2 is 2.03 bits per heavy atom. The molecule has 176 valence electrons. The Morgan fingerprint density at radius 3 is 2.72 bits per heavy atom. The molecule has 1 atom stereocenters. The van der Waals surface area contributed by atoms with Crippen molar-refractivity contribution in [2.24, 2.45) is 4.99 Å². The lowest BCUT2D eigenvalue weighted by Crippen LogP contribution is -2.47. The van der Waals surface area contributed by atoms with E-state index in [0.717, 1.165) is 30.9 Å². The maximum Gasteiger partial charge on any atom is 0.241 e. The average Bonchev–Trinajstić information content (AvgIpc) is 3.42. The highest BCUT2D eigenvalue weighted by Crippen LogP contribution is 2.19. The van der Waals surface area contributed by atoms with Gasteiger partial charge in [-0.15, -0.1) is 24.0 Å². The molecule has 0 bridgehead atoms. The van der Waals surface area contributed by atoms with Crippen LogP contribution in [-0.2, 0) is 11.3 Å². The van der Waals surface area contributed by atoms with E-state index in [1.54, 1.807) is 25.3 Å². The zero-order chi connectivity index (χ0) is 22.2. The number of aryl methyl sites for hydroxylation is 1. The molecule has 9 heteroatoms. The lowest BCUT2D eigenvalue weighted by molar-refractivity contribution is -0.127. The van der Waals surface area contributed by atoms with Crippen molar-refractivity contribution in [2.45, 2.75) is 39.3 Å². The smallest absolute Gasteiger partial charge is 0.241 e. The SMILES string of the molecule is CCN1CCCC1CNC(=NCc1coc(-c2ccc(C)cc2)n1)NCC(=O)N(C)C.I. The summed E-state index contributed by atoms with van der Waals surface area (Å²) in [6.45, 7) is 7.78. The van der Waals surface area contributed by atoms with Gasteiger partial charge in [0.25, 0.3) is 0 Å². The van der Waals surface area contributed by atoms with Crippen LogP contribution in [0.15, 0.2) is 39.9 Å². The highest BCUT2D eigenvalue weighted by Gasteiger charge is 2.23. The molecule has 0 saturated carbocycles. The first-order valence-electron chi connectivity index (χ1n) is 10.9. The Hall–Kier alpha value is -2.14. The lowest BCUT2D eigenvalue weighted by Gasteiger charge is -2.24. The topological polar surface area (TPSA) is 86.0 Å². The van der Waals surface area contributed by atoms with E-state index >= 15 is 0 Å². The van der Waals surface area contributed by atoms with Crippen LogP contribution in [0.25, 0.3) is 11.5 Å². The number of likely N-dealkylation sites (N-methyl/N-ethyl adjacent to an activating group) is 2. The zero-order valence-corrected chi connectivity index (χ0v) is 21.8. The van der Waals surface area contributed by atoms with Crippen LogP contribution in [0, 0.1) is 6.92 Å². The minimum atomic E-state index is -0.00588. The maximum absolute atomic E-state index is 12.0. The number of guanidine groups is 1. The molecule has 2 heterocycles. The molecule has 2 aromatic rings. The zero-order valence-electron chi connectivity index (χ0n) is 19.4.